The Morgan fingerprint density at radius 3 is 2.29 bits per heavy atom. The molecule has 0 spiro atoms. The van der Waals surface area contributed by atoms with Crippen LogP contribution in [0.3, 0.4) is 0 Å². The zero-order chi connectivity index (χ0) is 30.0. The zero-order valence-electron chi connectivity index (χ0n) is 22.5. The number of nitrogens with one attached hydrogen (secondary N) is 3. The van der Waals surface area contributed by atoms with E-state index in [2.05, 4.69) is 26.1 Å². The van der Waals surface area contributed by atoms with Gasteiger partial charge in [0.25, 0.3) is 5.91 Å². The van der Waals surface area contributed by atoms with Gasteiger partial charge in [0.2, 0.25) is 0 Å². The van der Waals surface area contributed by atoms with E-state index >= 15 is 0 Å². The first-order chi connectivity index (χ1) is 19.5. The van der Waals surface area contributed by atoms with Gasteiger partial charge in [-0.05, 0) is 62.7 Å². The predicted octanol–water partition coefficient (Wildman–Crippen LogP) is 4.43. The normalized spacial score (nSPS) is 12.3. The van der Waals surface area contributed by atoms with E-state index in [0.717, 1.165) is 6.07 Å². The van der Waals surface area contributed by atoms with Crippen LogP contribution in [0.2, 0.25) is 0 Å². The van der Waals surface area contributed by atoms with Gasteiger partial charge in [0.1, 0.15) is 11.8 Å². The molecule has 0 heterocycles. The molecule has 0 aromatic heterocycles. The minimum absolute atomic E-state index is 0.102. The SMILES string of the molecule is CCOc1cc(C(N/N=C(\N)c2ccccc2OC(=O)C(F)(F)F)C(=O)NNc2ccccc2)ccc1OC(C)C. The summed E-state index contributed by atoms with van der Waals surface area (Å²) in [5, 5.41) is 4.03. The van der Waals surface area contributed by atoms with E-state index in [9.17, 15) is 22.8 Å². The fraction of sp³-hybridized carbons (Fsp3) is 0.250. The first-order valence-electron chi connectivity index (χ1n) is 12.5. The van der Waals surface area contributed by atoms with E-state index in [0.29, 0.717) is 29.4 Å². The fourth-order valence-electron chi connectivity index (χ4n) is 3.46. The van der Waals surface area contributed by atoms with Crippen LogP contribution in [0.4, 0.5) is 18.9 Å². The summed E-state index contributed by atoms with van der Waals surface area (Å²) < 4.78 is 54.3. The number of hydrazone groups is 1. The van der Waals surface area contributed by atoms with Crippen molar-refractivity contribution in [2.45, 2.75) is 39.1 Å². The molecule has 1 amide bonds. The highest BCUT2D eigenvalue weighted by Gasteiger charge is 2.41. The third-order valence-electron chi connectivity index (χ3n) is 5.24. The minimum atomic E-state index is -5.21. The lowest BCUT2D eigenvalue weighted by molar-refractivity contribution is -0.189. The number of rotatable bonds is 12. The van der Waals surface area contributed by atoms with E-state index in [1.54, 1.807) is 49.4 Å². The number of hydrazine groups is 1. The van der Waals surface area contributed by atoms with Crippen LogP contribution in [-0.2, 0) is 9.59 Å². The zero-order valence-corrected chi connectivity index (χ0v) is 22.5. The van der Waals surface area contributed by atoms with E-state index in [1.807, 2.05) is 19.9 Å². The second-order valence-electron chi connectivity index (χ2n) is 8.73. The van der Waals surface area contributed by atoms with E-state index in [1.165, 1.54) is 18.2 Å². The molecule has 0 aliphatic carbocycles. The van der Waals surface area contributed by atoms with Gasteiger partial charge in [-0.3, -0.25) is 21.1 Å². The smallest absolute Gasteiger partial charge is 0.490 e. The molecule has 0 bridgehead atoms. The lowest BCUT2D eigenvalue weighted by Gasteiger charge is -2.21. The summed E-state index contributed by atoms with van der Waals surface area (Å²) in [6.45, 7) is 5.85. The molecule has 1 unspecified atom stereocenters. The number of halogens is 3. The Morgan fingerprint density at radius 2 is 1.63 bits per heavy atom. The summed E-state index contributed by atoms with van der Waals surface area (Å²) >= 11 is 0. The summed E-state index contributed by atoms with van der Waals surface area (Å²) in [6.07, 6.45) is -5.35. The molecular formula is C28H30F3N5O5. The number of nitrogens with two attached hydrogens (primary N) is 1. The topological polar surface area (TPSA) is 136 Å². The van der Waals surface area contributed by atoms with Crippen LogP contribution >= 0.6 is 0 Å². The Balaban J connectivity index is 1.93. The first kappa shape index (κ1) is 30.6. The Morgan fingerprint density at radius 1 is 0.951 bits per heavy atom. The Kier molecular flexibility index (Phi) is 10.4. The van der Waals surface area contributed by atoms with Gasteiger partial charge in [-0.2, -0.15) is 18.3 Å². The lowest BCUT2D eigenvalue weighted by Crippen LogP contribution is -2.39. The van der Waals surface area contributed by atoms with Crippen LogP contribution in [-0.4, -0.2) is 36.6 Å². The number of ether oxygens (including phenoxy) is 3. The molecule has 3 rings (SSSR count). The average molecular weight is 574 g/mol. The van der Waals surface area contributed by atoms with Gasteiger partial charge in [-0.25, -0.2) is 4.79 Å². The summed E-state index contributed by atoms with van der Waals surface area (Å²) in [5.41, 5.74) is 15.0. The highest BCUT2D eigenvalue weighted by molar-refractivity contribution is 6.00. The van der Waals surface area contributed by atoms with Gasteiger partial charge in [0.05, 0.1) is 24.0 Å². The number of carbonyl (C=O) groups excluding carboxylic acids is 2. The monoisotopic (exact) mass is 573 g/mol. The number of alkyl halides is 3. The maximum absolute atomic E-state index is 13.3. The van der Waals surface area contributed by atoms with Crippen LogP contribution in [0.25, 0.3) is 0 Å². The van der Waals surface area contributed by atoms with E-state index in [-0.39, 0.29) is 17.5 Å². The summed E-state index contributed by atoms with van der Waals surface area (Å²) in [7, 11) is 0. The molecule has 10 nitrogen and oxygen atoms in total. The van der Waals surface area contributed by atoms with Crippen molar-refractivity contribution in [3.63, 3.8) is 0 Å². The van der Waals surface area contributed by atoms with Gasteiger partial charge in [0, 0.05) is 0 Å². The summed E-state index contributed by atoms with van der Waals surface area (Å²) in [5.74, 6) is -2.94. The van der Waals surface area contributed by atoms with Crippen LogP contribution in [0, 0.1) is 0 Å². The average Bonchev–Trinajstić information content (AvgIpc) is 2.93. The van der Waals surface area contributed by atoms with Crippen molar-refractivity contribution in [3.05, 3.63) is 83.9 Å². The number of para-hydroxylation sites is 2. The standard InChI is InChI=1S/C28H30F3N5O5/c1-4-39-23-16-18(14-15-22(23)40-17(2)3)24(26(37)36-33-19-10-6-5-7-11-19)34-35-25(32)20-12-8-9-13-21(20)41-27(38)28(29,30)31/h5-17,24,33-34H,4H2,1-3H3,(H2,32,35)(H,36,37). The van der Waals surface area contributed by atoms with Crippen molar-refractivity contribution in [2.24, 2.45) is 10.8 Å². The quantitative estimate of drug-likeness (QED) is 0.0821. The van der Waals surface area contributed by atoms with Crippen molar-refractivity contribution >= 4 is 23.4 Å². The van der Waals surface area contributed by atoms with Gasteiger partial charge >= 0.3 is 12.1 Å². The van der Waals surface area contributed by atoms with Gasteiger partial charge in [-0.15, -0.1) is 0 Å². The molecule has 0 aliphatic rings. The van der Waals surface area contributed by atoms with Crippen LogP contribution in [0.5, 0.6) is 17.2 Å². The second kappa shape index (κ2) is 13.9. The van der Waals surface area contributed by atoms with Gasteiger partial charge in [0.15, 0.2) is 17.3 Å². The van der Waals surface area contributed by atoms with E-state index < -0.39 is 29.8 Å². The maximum atomic E-state index is 13.3. The molecule has 0 aliphatic heterocycles. The molecule has 5 N–H and O–H groups in total. The van der Waals surface area contributed by atoms with Crippen molar-refractivity contribution in [1.29, 1.82) is 0 Å². The maximum Gasteiger partial charge on any atom is 0.491 e. The Labute approximate surface area is 234 Å². The fourth-order valence-corrected chi connectivity index (χ4v) is 3.46. The van der Waals surface area contributed by atoms with Crippen molar-refractivity contribution < 1.29 is 37.0 Å². The molecule has 13 heteroatoms. The number of carbonyl (C=O) groups is 2. The molecule has 41 heavy (non-hydrogen) atoms. The van der Waals surface area contributed by atoms with Crippen molar-refractivity contribution in [2.75, 3.05) is 12.0 Å². The third-order valence-corrected chi connectivity index (χ3v) is 5.24. The number of hydrogen-bond donors (Lipinski definition) is 4. The summed E-state index contributed by atoms with van der Waals surface area (Å²) in [4.78, 5) is 24.7. The van der Waals surface area contributed by atoms with Crippen molar-refractivity contribution in [1.82, 2.24) is 10.9 Å². The molecule has 0 fully saturated rings. The van der Waals surface area contributed by atoms with Crippen LogP contribution < -0.4 is 36.2 Å². The van der Waals surface area contributed by atoms with E-state index in [4.69, 9.17) is 15.2 Å². The minimum Gasteiger partial charge on any atom is -0.490 e. The van der Waals surface area contributed by atoms with Gasteiger partial charge in [-0.1, -0.05) is 36.4 Å². The highest BCUT2D eigenvalue weighted by Crippen LogP contribution is 2.32. The molecule has 0 saturated carbocycles. The number of nitrogens with zero attached hydrogens (tertiary/aromatic N) is 1. The molecule has 1 atom stereocenters. The van der Waals surface area contributed by atoms with Gasteiger partial charge < -0.3 is 19.9 Å². The lowest BCUT2D eigenvalue weighted by atomic mass is 10.1. The number of esters is 1. The molecule has 3 aromatic rings. The molecular weight excluding hydrogens is 543 g/mol. The second-order valence-corrected chi connectivity index (χ2v) is 8.73. The first-order valence-corrected chi connectivity index (χ1v) is 12.5. The van der Waals surface area contributed by atoms with Crippen LogP contribution in [0.15, 0.2) is 77.9 Å². The van der Waals surface area contributed by atoms with Crippen molar-refractivity contribution in [3.8, 4) is 17.2 Å². The Hall–Kier alpha value is -4.94. The molecule has 3 aromatic carbocycles. The number of hydrogen-bond acceptors (Lipinski definition) is 8. The number of benzene rings is 3. The molecule has 0 saturated heterocycles. The number of amidine groups is 1. The summed E-state index contributed by atoms with van der Waals surface area (Å²) in [6, 6.07) is 17.8. The molecule has 218 valence electrons. The number of anilines is 1. The largest absolute Gasteiger partial charge is 0.491 e. The Bertz CT molecular complexity index is 1370. The molecule has 0 radical (unpaired) electrons. The third kappa shape index (κ3) is 8.78. The predicted molar refractivity (Wildman–Crippen MR) is 146 cm³/mol. The van der Waals surface area contributed by atoms with Crippen LogP contribution in [0.1, 0.15) is 37.9 Å². The number of amides is 1. The highest BCUT2D eigenvalue weighted by atomic mass is 19.4.